The molecule has 0 bridgehead atoms. The van der Waals surface area contributed by atoms with E-state index in [4.69, 9.17) is 0 Å². The molecule has 8 nitrogen and oxygen atoms in total. The van der Waals surface area contributed by atoms with Crippen LogP contribution >= 0.6 is 0 Å². The van der Waals surface area contributed by atoms with E-state index in [1.54, 1.807) is 6.92 Å². The smallest absolute Gasteiger partial charge is 0.416 e. The Bertz CT molecular complexity index is 744. The lowest BCUT2D eigenvalue weighted by molar-refractivity contribution is -0.137. The second-order valence-electron chi connectivity index (χ2n) is 4.49. The fourth-order valence-electron chi connectivity index (χ4n) is 1.71. The minimum absolute atomic E-state index is 0.0787. The Morgan fingerprint density at radius 1 is 1.33 bits per heavy atom. The summed E-state index contributed by atoms with van der Waals surface area (Å²) in [5.74, 6) is -0.827. The van der Waals surface area contributed by atoms with Crippen molar-refractivity contribution >= 4 is 12.0 Å². The van der Waals surface area contributed by atoms with Gasteiger partial charge in [-0.1, -0.05) is 12.1 Å². The number of halogens is 3. The van der Waals surface area contributed by atoms with Crippen molar-refractivity contribution in [3.05, 3.63) is 29.8 Å². The molecule has 2 aromatic rings. The third-order valence-electron chi connectivity index (χ3n) is 2.70. The van der Waals surface area contributed by atoms with Crippen LogP contribution in [0.1, 0.15) is 12.5 Å². The quantitative estimate of drug-likeness (QED) is 0.906. The van der Waals surface area contributed by atoms with Crippen LogP contribution in [0.5, 0.6) is 0 Å². The van der Waals surface area contributed by atoms with Crippen molar-refractivity contribution in [1.29, 1.82) is 0 Å². The van der Waals surface area contributed by atoms with Crippen molar-refractivity contribution in [2.45, 2.75) is 19.6 Å². The number of alkyl halides is 3. The molecule has 1 aromatic carbocycles. The number of tetrazole rings is 1. The lowest BCUT2D eigenvalue weighted by atomic mass is 10.1. The number of hydrogen-bond acceptors (Lipinski definition) is 6. The number of benzene rings is 1. The number of nitrogens with one attached hydrogen (secondary N) is 1. The lowest BCUT2D eigenvalue weighted by Gasteiger charge is -2.06. The highest BCUT2D eigenvalue weighted by atomic mass is 19.4. The number of aromatic nitrogens is 4. The van der Waals surface area contributed by atoms with Crippen molar-refractivity contribution in [1.82, 2.24) is 25.5 Å². The molecular weight excluding hydrogens is 331 g/mol. The third kappa shape index (κ3) is 4.51. The Hall–Kier alpha value is -2.98. The fraction of sp³-hybridized carbons (Fsp3) is 0.308. The summed E-state index contributed by atoms with van der Waals surface area (Å²) in [7, 11) is 0. The van der Waals surface area contributed by atoms with Crippen molar-refractivity contribution in [2.24, 2.45) is 0 Å². The Labute approximate surface area is 133 Å². The minimum atomic E-state index is -4.49. The number of carbonyl (C=O) groups is 2. The van der Waals surface area contributed by atoms with Crippen molar-refractivity contribution in [3.63, 3.8) is 0 Å². The molecule has 1 aromatic heterocycles. The molecule has 0 atom stereocenters. The number of rotatable bonds is 4. The normalized spacial score (nSPS) is 11.2. The van der Waals surface area contributed by atoms with E-state index in [9.17, 15) is 22.8 Å². The monoisotopic (exact) mass is 343 g/mol. The van der Waals surface area contributed by atoms with Gasteiger partial charge in [-0.25, -0.2) is 4.79 Å². The van der Waals surface area contributed by atoms with Crippen molar-refractivity contribution in [3.8, 4) is 11.4 Å². The summed E-state index contributed by atoms with van der Waals surface area (Å²) in [4.78, 5) is 23.5. The molecule has 0 aliphatic carbocycles. The van der Waals surface area contributed by atoms with Gasteiger partial charge in [0.05, 0.1) is 12.2 Å². The highest BCUT2D eigenvalue weighted by Gasteiger charge is 2.30. The van der Waals surface area contributed by atoms with Gasteiger partial charge >= 0.3 is 12.3 Å². The van der Waals surface area contributed by atoms with Crippen molar-refractivity contribution in [2.75, 3.05) is 6.61 Å². The topological polar surface area (TPSA) is 99.0 Å². The van der Waals surface area contributed by atoms with Gasteiger partial charge in [-0.05, 0) is 24.3 Å². The number of ether oxygens (including phenoxy) is 1. The van der Waals surface area contributed by atoms with E-state index in [0.717, 1.165) is 16.9 Å². The Morgan fingerprint density at radius 2 is 2.08 bits per heavy atom. The first-order valence-corrected chi connectivity index (χ1v) is 6.71. The highest BCUT2D eigenvalue weighted by molar-refractivity contribution is 5.91. The molecule has 11 heteroatoms. The summed E-state index contributed by atoms with van der Waals surface area (Å²) in [6, 6.07) is 4.39. The largest absolute Gasteiger partial charge is 0.450 e. The number of alkyl carbamates (subject to hydrolysis) is 1. The van der Waals surface area contributed by atoms with Gasteiger partial charge in [0.2, 0.25) is 5.82 Å². The zero-order valence-electron chi connectivity index (χ0n) is 12.4. The van der Waals surface area contributed by atoms with E-state index in [-0.39, 0.29) is 18.0 Å². The number of carbonyl (C=O) groups excluding carboxylic acids is 2. The average Bonchev–Trinajstić information content (AvgIpc) is 2.95. The SMILES string of the molecule is CCOC(=O)NC(=O)Cn1nnc(-c2cccc(C(F)(F)F)c2)n1. The van der Waals surface area contributed by atoms with E-state index in [1.165, 1.54) is 12.1 Å². The Morgan fingerprint density at radius 3 is 2.75 bits per heavy atom. The third-order valence-corrected chi connectivity index (χ3v) is 2.70. The molecule has 2 rings (SSSR count). The van der Waals surface area contributed by atoms with E-state index in [0.29, 0.717) is 0 Å². The Balaban J connectivity index is 2.08. The summed E-state index contributed by atoms with van der Waals surface area (Å²) in [6.45, 7) is 1.23. The molecule has 0 fully saturated rings. The number of nitrogens with zero attached hydrogens (tertiary/aromatic N) is 4. The molecule has 0 saturated heterocycles. The molecule has 0 saturated carbocycles. The molecular formula is C13H12F3N5O3. The molecule has 2 amide bonds. The first kappa shape index (κ1) is 17.4. The maximum atomic E-state index is 12.7. The van der Waals surface area contributed by atoms with Crippen LogP contribution in [0.3, 0.4) is 0 Å². The van der Waals surface area contributed by atoms with Crippen LogP contribution < -0.4 is 5.32 Å². The molecule has 0 unspecified atom stereocenters. The predicted octanol–water partition coefficient (Wildman–Crippen LogP) is 1.63. The summed E-state index contributed by atoms with van der Waals surface area (Å²) in [5, 5.41) is 12.9. The van der Waals surface area contributed by atoms with Crippen LogP contribution in [0.2, 0.25) is 0 Å². The van der Waals surface area contributed by atoms with E-state index in [2.05, 4.69) is 20.1 Å². The van der Waals surface area contributed by atoms with E-state index < -0.39 is 30.3 Å². The van der Waals surface area contributed by atoms with Gasteiger partial charge in [-0.2, -0.15) is 18.0 Å². The second-order valence-corrected chi connectivity index (χ2v) is 4.49. The van der Waals surface area contributed by atoms with Gasteiger partial charge in [-0.15, -0.1) is 10.2 Å². The van der Waals surface area contributed by atoms with Crippen LogP contribution in [-0.4, -0.2) is 38.8 Å². The van der Waals surface area contributed by atoms with E-state index in [1.807, 2.05) is 5.32 Å². The number of hydrogen-bond donors (Lipinski definition) is 1. The zero-order valence-corrected chi connectivity index (χ0v) is 12.4. The number of imide groups is 1. The minimum Gasteiger partial charge on any atom is -0.450 e. The summed E-state index contributed by atoms with van der Waals surface area (Å²) >= 11 is 0. The van der Waals surface area contributed by atoms with Crippen molar-refractivity contribution < 1.29 is 27.5 Å². The van der Waals surface area contributed by atoms with Gasteiger partial charge in [0, 0.05) is 5.56 Å². The van der Waals surface area contributed by atoms with Gasteiger partial charge in [0.15, 0.2) is 0 Å². The first-order valence-electron chi connectivity index (χ1n) is 6.71. The molecule has 24 heavy (non-hydrogen) atoms. The molecule has 1 heterocycles. The maximum Gasteiger partial charge on any atom is 0.416 e. The summed E-state index contributed by atoms with van der Waals surface area (Å²) in [6.07, 6.45) is -5.41. The van der Waals surface area contributed by atoms with Crippen LogP contribution in [0.25, 0.3) is 11.4 Å². The summed E-state index contributed by atoms with van der Waals surface area (Å²) in [5.41, 5.74) is -0.752. The first-order chi connectivity index (χ1) is 11.3. The van der Waals surface area contributed by atoms with Gasteiger partial charge in [0.25, 0.3) is 5.91 Å². The molecule has 128 valence electrons. The van der Waals surface area contributed by atoms with E-state index >= 15 is 0 Å². The van der Waals surface area contributed by atoms with Crippen LogP contribution in [0.15, 0.2) is 24.3 Å². The van der Waals surface area contributed by atoms with Crippen LogP contribution in [-0.2, 0) is 22.3 Å². The van der Waals surface area contributed by atoms with Crippen LogP contribution in [0, 0.1) is 0 Å². The molecule has 1 N–H and O–H groups in total. The van der Waals surface area contributed by atoms with Gasteiger partial charge in [0.1, 0.15) is 6.54 Å². The molecule has 0 spiro atoms. The highest BCUT2D eigenvalue weighted by Crippen LogP contribution is 2.31. The predicted molar refractivity (Wildman–Crippen MR) is 73.4 cm³/mol. The average molecular weight is 343 g/mol. The summed E-state index contributed by atoms with van der Waals surface area (Å²) < 4.78 is 42.6. The van der Waals surface area contributed by atoms with Gasteiger partial charge in [-0.3, -0.25) is 10.1 Å². The standard InChI is InChI=1S/C13H12F3N5O3/c1-2-24-12(23)17-10(22)7-21-19-11(18-20-21)8-4-3-5-9(6-8)13(14,15)16/h3-6H,2,7H2,1H3,(H,17,22,23). The number of amides is 2. The molecule has 0 aliphatic heterocycles. The fourth-order valence-corrected chi connectivity index (χ4v) is 1.71. The Kier molecular flexibility index (Phi) is 5.11. The second kappa shape index (κ2) is 7.06. The zero-order chi connectivity index (χ0) is 17.7. The lowest BCUT2D eigenvalue weighted by Crippen LogP contribution is -2.34. The molecule has 0 aliphatic rings. The maximum absolute atomic E-state index is 12.7. The van der Waals surface area contributed by atoms with Gasteiger partial charge < -0.3 is 4.74 Å². The van der Waals surface area contributed by atoms with Crippen LogP contribution in [0.4, 0.5) is 18.0 Å². The molecule has 0 radical (unpaired) electrons.